The summed E-state index contributed by atoms with van der Waals surface area (Å²) in [5, 5.41) is 4.04. The van der Waals surface area contributed by atoms with Crippen molar-refractivity contribution in [2.45, 2.75) is 13.8 Å². The summed E-state index contributed by atoms with van der Waals surface area (Å²) < 4.78 is 18.9. The van der Waals surface area contributed by atoms with Gasteiger partial charge < -0.3 is 9.73 Å². The second-order valence-electron chi connectivity index (χ2n) is 5.11. The van der Waals surface area contributed by atoms with Gasteiger partial charge >= 0.3 is 0 Å². The number of aryl methyl sites for hydroxylation is 2. The lowest BCUT2D eigenvalue weighted by atomic mass is 10.1. The van der Waals surface area contributed by atoms with Crippen LogP contribution in [0.3, 0.4) is 0 Å². The van der Waals surface area contributed by atoms with E-state index in [2.05, 4.69) is 5.32 Å². The Kier molecular flexibility index (Phi) is 3.62. The fourth-order valence-electron chi connectivity index (χ4n) is 2.32. The third-order valence-electron chi connectivity index (χ3n) is 3.55. The zero-order chi connectivity index (χ0) is 15.9. The molecule has 1 aromatic heterocycles. The lowest BCUT2D eigenvalue weighted by Gasteiger charge is -2.07. The van der Waals surface area contributed by atoms with E-state index >= 15 is 0 Å². The predicted octanol–water partition coefficient (Wildman–Crippen LogP) is 5.09. The first kappa shape index (κ1) is 14.6. The van der Waals surface area contributed by atoms with Crippen molar-refractivity contribution in [2.75, 3.05) is 5.32 Å². The van der Waals surface area contributed by atoms with Crippen LogP contribution in [0.2, 0.25) is 5.02 Å². The average molecular weight is 318 g/mol. The summed E-state index contributed by atoms with van der Waals surface area (Å²) in [5.41, 5.74) is 2.47. The molecule has 0 fully saturated rings. The minimum atomic E-state index is -0.418. The van der Waals surface area contributed by atoms with Gasteiger partial charge in [0, 0.05) is 21.7 Å². The molecule has 3 nitrogen and oxygen atoms in total. The molecular formula is C17H13ClFNO2. The summed E-state index contributed by atoms with van der Waals surface area (Å²) in [6, 6.07) is 9.40. The summed E-state index contributed by atoms with van der Waals surface area (Å²) in [5.74, 6) is -0.631. The molecule has 5 heteroatoms. The molecule has 3 aromatic rings. The number of furan rings is 1. The number of benzene rings is 2. The van der Waals surface area contributed by atoms with E-state index in [1.165, 1.54) is 12.1 Å². The average Bonchev–Trinajstić information content (AvgIpc) is 2.80. The van der Waals surface area contributed by atoms with Gasteiger partial charge in [0.1, 0.15) is 11.4 Å². The van der Waals surface area contributed by atoms with Crippen LogP contribution in [0.25, 0.3) is 11.0 Å². The molecule has 1 N–H and O–H groups in total. The van der Waals surface area contributed by atoms with E-state index in [9.17, 15) is 9.18 Å². The number of rotatable bonds is 2. The first-order valence-electron chi connectivity index (χ1n) is 6.72. The molecule has 0 saturated carbocycles. The number of fused-ring (bicyclic) bond motifs is 1. The van der Waals surface area contributed by atoms with Crippen molar-refractivity contribution in [1.82, 2.24) is 0 Å². The fraction of sp³-hybridized carbons (Fsp3) is 0.118. The maximum Gasteiger partial charge on any atom is 0.291 e. The molecule has 0 aliphatic carbocycles. The molecule has 0 unspecified atom stereocenters. The van der Waals surface area contributed by atoms with Crippen molar-refractivity contribution in [1.29, 1.82) is 0 Å². The molecule has 1 amide bonds. The number of carbonyl (C=O) groups is 1. The number of hydrogen-bond acceptors (Lipinski definition) is 2. The minimum Gasteiger partial charge on any atom is -0.451 e. The quantitative estimate of drug-likeness (QED) is 0.715. The van der Waals surface area contributed by atoms with Crippen LogP contribution < -0.4 is 5.32 Å². The predicted molar refractivity (Wildman–Crippen MR) is 85.1 cm³/mol. The summed E-state index contributed by atoms with van der Waals surface area (Å²) in [7, 11) is 0. The number of halogens is 2. The van der Waals surface area contributed by atoms with Crippen molar-refractivity contribution >= 4 is 34.2 Å². The van der Waals surface area contributed by atoms with E-state index in [4.69, 9.17) is 16.0 Å². The largest absolute Gasteiger partial charge is 0.451 e. The third kappa shape index (κ3) is 2.57. The van der Waals surface area contributed by atoms with E-state index in [-0.39, 0.29) is 5.76 Å². The normalized spacial score (nSPS) is 10.9. The highest BCUT2D eigenvalue weighted by molar-refractivity contribution is 6.31. The van der Waals surface area contributed by atoms with Crippen molar-refractivity contribution in [3.63, 3.8) is 0 Å². The van der Waals surface area contributed by atoms with Gasteiger partial charge in [-0.25, -0.2) is 4.39 Å². The zero-order valence-electron chi connectivity index (χ0n) is 12.0. The Morgan fingerprint density at radius 3 is 2.73 bits per heavy atom. The van der Waals surface area contributed by atoms with Gasteiger partial charge in [-0.05, 0) is 49.7 Å². The number of nitrogens with one attached hydrogen (secondary N) is 1. The molecule has 0 aliphatic rings. The van der Waals surface area contributed by atoms with Gasteiger partial charge in [-0.3, -0.25) is 4.79 Å². The Morgan fingerprint density at radius 2 is 1.95 bits per heavy atom. The molecule has 1 heterocycles. The number of carbonyl (C=O) groups excluding carboxylic acids is 1. The standard InChI is InChI=1S/C17H13ClFNO2/c1-9-3-5-12(19)8-14(9)20-17(21)16-10(2)13-7-11(18)4-6-15(13)22-16/h3-8H,1-2H3,(H,20,21). The first-order valence-corrected chi connectivity index (χ1v) is 7.09. The Labute approximate surface area is 131 Å². The van der Waals surface area contributed by atoms with Gasteiger partial charge in [0.2, 0.25) is 0 Å². The second kappa shape index (κ2) is 5.46. The fourth-order valence-corrected chi connectivity index (χ4v) is 2.49. The molecule has 112 valence electrons. The van der Waals surface area contributed by atoms with Crippen molar-refractivity contribution in [3.8, 4) is 0 Å². The van der Waals surface area contributed by atoms with Crippen molar-refractivity contribution < 1.29 is 13.6 Å². The molecule has 22 heavy (non-hydrogen) atoms. The van der Waals surface area contributed by atoms with E-state index in [0.717, 1.165) is 10.9 Å². The van der Waals surface area contributed by atoms with E-state index in [0.29, 0.717) is 21.9 Å². The highest BCUT2D eigenvalue weighted by Crippen LogP contribution is 2.28. The molecule has 0 saturated heterocycles. The first-order chi connectivity index (χ1) is 10.5. The third-order valence-corrected chi connectivity index (χ3v) is 3.79. The highest BCUT2D eigenvalue weighted by Gasteiger charge is 2.18. The topological polar surface area (TPSA) is 42.2 Å². The van der Waals surface area contributed by atoms with Crippen LogP contribution >= 0.6 is 11.6 Å². The van der Waals surface area contributed by atoms with Gasteiger partial charge in [0.05, 0.1) is 0 Å². The molecule has 0 atom stereocenters. The minimum absolute atomic E-state index is 0.195. The Bertz CT molecular complexity index is 886. The van der Waals surface area contributed by atoms with Gasteiger partial charge in [0.15, 0.2) is 5.76 Å². The van der Waals surface area contributed by atoms with Gasteiger partial charge in [0.25, 0.3) is 5.91 Å². The summed E-state index contributed by atoms with van der Waals surface area (Å²) in [4.78, 5) is 12.4. The van der Waals surface area contributed by atoms with Crippen molar-refractivity contribution in [3.05, 3.63) is 64.1 Å². The van der Waals surface area contributed by atoms with Crippen LogP contribution in [0, 0.1) is 19.7 Å². The maximum atomic E-state index is 13.3. The molecule has 0 bridgehead atoms. The SMILES string of the molecule is Cc1ccc(F)cc1NC(=O)c1oc2ccc(Cl)cc2c1C. The second-order valence-corrected chi connectivity index (χ2v) is 5.55. The van der Waals surface area contributed by atoms with E-state index in [1.54, 1.807) is 38.1 Å². The summed E-state index contributed by atoms with van der Waals surface area (Å²) >= 11 is 5.96. The smallest absolute Gasteiger partial charge is 0.291 e. The molecule has 0 spiro atoms. The van der Waals surface area contributed by atoms with Crippen LogP contribution in [-0.2, 0) is 0 Å². The van der Waals surface area contributed by atoms with Crippen LogP contribution in [0.4, 0.5) is 10.1 Å². The molecule has 0 radical (unpaired) electrons. The van der Waals surface area contributed by atoms with Gasteiger partial charge in [-0.2, -0.15) is 0 Å². The summed E-state index contributed by atoms with van der Waals surface area (Å²) in [6.45, 7) is 3.58. The molecule has 0 aliphatic heterocycles. The van der Waals surface area contributed by atoms with Crippen LogP contribution in [0.5, 0.6) is 0 Å². The molecule has 3 rings (SSSR count). The van der Waals surface area contributed by atoms with Gasteiger partial charge in [-0.15, -0.1) is 0 Å². The lowest BCUT2D eigenvalue weighted by Crippen LogP contribution is -2.13. The van der Waals surface area contributed by atoms with Crippen molar-refractivity contribution in [2.24, 2.45) is 0 Å². The van der Waals surface area contributed by atoms with Crippen LogP contribution in [0.1, 0.15) is 21.7 Å². The highest BCUT2D eigenvalue weighted by atomic mass is 35.5. The Morgan fingerprint density at radius 1 is 1.18 bits per heavy atom. The Balaban J connectivity index is 1.99. The number of amides is 1. The van der Waals surface area contributed by atoms with Crippen LogP contribution in [-0.4, -0.2) is 5.91 Å². The Hall–Kier alpha value is -2.33. The number of anilines is 1. The monoisotopic (exact) mass is 317 g/mol. The summed E-state index contributed by atoms with van der Waals surface area (Å²) in [6.07, 6.45) is 0. The van der Waals surface area contributed by atoms with E-state index < -0.39 is 11.7 Å². The number of hydrogen-bond donors (Lipinski definition) is 1. The van der Waals surface area contributed by atoms with Crippen LogP contribution in [0.15, 0.2) is 40.8 Å². The zero-order valence-corrected chi connectivity index (χ0v) is 12.8. The van der Waals surface area contributed by atoms with Gasteiger partial charge in [-0.1, -0.05) is 17.7 Å². The molecule has 2 aromatic carbocycles. The lowest BCUT2D eigenvalue weighted by molar-refractivity contribution is 0.0998. The molecular weight excluding hydrogens is 305 g/mol. The van der Waals surface area contributed by atoms with E-state index in [1.807, 2.05) is 0 Å². The maximum absolute atomic E-state index is 13.3.